The highest BCUT2D eigenvalue weighted by Crippen LogP contribution is 2.29. The van der Waals surface area contributed by atoms with Crippen LogP contribution >= 0.6 is 12.2 Å². The summed E-state index contributed by atoms with van der Waals surface area (Å²) in [4.78, 5) is 24.1. The largest absolute Gasteiger partial charge is 0.444 e. The second-order valence-electron chi connectivity index (χ2n) is 8.63. The zero-order valence-corrected chi connectivity index (χ0v) is 18.6. The number of amides is 2. The van der Waals surface area contributed by atoms with Crippen molar-refractivity contribution in [1.82, 2.24) is 16.2 Å². The lowest BCUT2D eigenvalue weighted by molar-refractivity contribution is 0.0635. The van der Waals surface area contributed by atoms with Crippen molar-refractivity contribution in [3.05, 3.63) is 29.8 Å². The lowest BCUT2D eigenvalue weighted by Crippen LogP contribution is -2.52. The predicted molar refractivity (Wildman–Crippen MR) is 119 cm³/mol. The van der Waals surface area contributed by atoms with Crippen LogP contribution in [0.15, 0.2) is 24.3 Å². The van der Waals surface area contributed by atoms with Gasteiger partial charge in [-0.15, -0.1) is 0 Å². The molecule has 1 aromatic carbocycles. The molecule has 0 bridgehead atoms. The molecule has 1 aliphatic rings. The Kier molecular flexibility index (Phi) is 7.84. The van der Waals surface area contributed by atoms with Gasteiger partial charge >= 0.3 is 6.09 Å². The molecule has 0 unspecified atom stereocenters. The number of hydrazine groups is 1. The summed E-state index contributed by atoms with van der Waals surface area (Å²) in [5.41, 5.74) is 5.78. The van der Waals surface area contributed by atoms with Crippen LogP contribution in [-0.4, -0.2) is 28.8 Å². The normalized spacial score (nSPS) is 21.6. The Morgan fingerprint density at radius 2 is 1.72 bits per heavy atom. The molecule has 7 nitrogen and oxygen atoms in total. The van der Waals surface area contributed by atoms with Gasteiger partial charge in [0.05, 0.1) is 0 Å². The van der Waals surface area contributed by atoms with E-state index in [0.717, 1.165) is 6.42 Å². The van der Waals surface area contributed by atoms with Crippen LogP contribution in [0.2, 0.25) is 0 Å². The van der Waals surface area contributed by atoms with Gasteiger partial charge in [-0.05, 0) is 75.5 Å². The lowest BCUT2D eigenvalue weighted by atomic mass is 9.78. The molecule has 0 radical (unpaired) electrons. The van der Waals surface area contributed by atoms with E-state index < -0.39 is 11.7 Å². The van der Waals surface area contributed by atoms with Crippen molar-refractivity contribution < 1.29 is 14.3 Å². The summed E-state index contributed by atoms with van der Waals surface area (Å²) in [7, 11) is 0. The first-order chi connectivity index (χ1) is 13.5. The van der Waals surface area contributed by atoms with Crippen LogP contribution in [0, 0.1) is 11.8 Å². The Morgan fingerprint density at radius 3 is 2.34 bits per heavy atom. The second kappa shape index (κ2) is 9.91. The van der Waals surface area contributed by atoms with Gasteiger partial charge in [-0.3, -0.25) is 21.0 Å². The average molecular weight is 421 g/mol. The lowest BCUT2D eigenvalue weighted by Gasteiger charge is -2.35. The maximum Gasteiger partial charge on any atom is 0.412 e. The number of carbonyl (C=O) groups is 2. The zero-order chi connectivity index (χ0) is 21.6. The fraction of sp³-hybridized carbons (Fsp3) is 0.571. The highest BCUT2D eigenvalue weighted by molar-refractivity contribution is 7.80. The van der Waals surface area contributed by atoms with E-state index >= 15 is 0 Å². The number of ether oxygens (including phenoxy) is 1. The van der Waals surface area contributed by atoms with Gasteiger partial charge in [0.15, 0.2) is 5.11 Å². The van der Waals surface area contributed by atoms with Gasteiger partial charge in [0.2, 0.25) is 0 Å². The van der Waals surface area contributed by atoms with Crippen LogP contribution in [0.5, 0.6) is 0 Å². The number of thiocarbonyl (C=S) groups is 1. The minimum Gasteiger partial charge on any atom is -0.444 e. The van der Waals surface area contributed by atoms with E-state index in [1.54, 1.807) is 45.0 Å². The van der Waals surface area contributed by atoms with Gasteiger partial charge in [0.1, 0.15) is 5.60 Å². The van der Waals surface area contributed by atoms with E-state index in [1.165, 1.54) is 12.8 Å². The molecule has 3 atom stereocenters. The monoisotopic (exact) mass is 420 g/mol. The number of hydrogen-bond donors (Lipinski definition) is 4. The molecule has 4 N–H and O–H groups in total. The number of benzene rings is 1. The van der Waals surface area contributed by atoms with Gasteiger partial charge in [-0.1, -0.05) is 26.7 Å². The zero-order valence-electron chi connectivity index (χ0n) is 17.8. The van der Waals surface area contributed by atoms with Gasteiger partial charge in [-0.25, -0.2) is 4.79 Å². The molecule has 0 saturated heterocycles. The molecule has 0 spiro atoms. The highest BCUT2D eigenvalue weighted by Gasteiger charge is 2.27. The molecule has 2 rings (SSSR count). The summed E-state index contributed by atoms with van der Waals surface area (Å²) < 4.78 is 5.20. The molecule has 8 heteroatoms. The topological polar surface area (TPSA) is 91.5 Å². The maximum absolute atomic E-state index is 12.3. The number of hydrogen-bond acceptors (Lipinski definition) is 4. The third kappa shape index (κ3) is 7.53. The first-order valence-corrected chi connectivity index (χ1v) is 10.4. The van der Waals surface area contributed by atoms with Gasteiger partial charge in [0, 0.05) is 17.3 Å². The molecule has 1 aliphatic carbocycles. The first-order valence-electron chi connectivity index (χ1n) is 10.0. The number of carbonyl (C=O) groups excluding carboxylic acids is 2. The predicted octanol–water partition coefficient (Wildman–Crippen LogP) is 3.97. The standard InChI is InChI=1S/C21H32N4O3S/c1-13-7-6-8-17(14(13)2)23-19(29)25-24-18(26)15-9-11-16(12-10-15)22-20(27)28-21(3,4)5/h9-14,17H,6-8H2,1-5H3,(H,22,27)(H,24,26)(H2,23,25,29)/t13-,14-,17+/m1/s1. The van der Waals surface area contributed by atoms with Crippen LogP contribution in [0.3, 0.4) is 0 Å². The third-order valence-electron chi connectivity index (χ3n) is 5.11. The first kappa shape index (κ1) is 22.9. The van der Waals surface area contributed by atoms with Crippen molar-refractivity contribution in [3.8, 4) is 0 Å². The van der Waals surface area contributed by atoms with E-state index in [4.69, 9.17) is 17.0 Å². The van der Waals surface area contributed by atoms with E-state index in [0.29, 0.717) is 34.2 Å². The van der Waals surface area contributed by atoms with E-state index in [9.17, 15) is 9.59 Å². The van der Waals surface area contributed by atoms with Crippen LogP contribution < -0.4 is 21.5 Å². The molecule has 1 saturated carbocycles. The smallest absolute Gasteiger partial charge is 0.412 e. The van der Waals surface area contributed by atoms with E-state index in [2.05, 4.69) is 35.3 Å². The highest BCUT2D eigenvalue weighted by atomic mass is 32.1. The molecule has 0 heterocycles. The van der Waals surface area contributed by atoms with Crippen LogP contribution in [0.25, 0.3) is 0 Å². The third-order valence-corrected chi connectivity index (χ3v) is 5.33. The van der Waals surface area contributed by atoms with E-state index in [1.807, 2.05) is 0 Å². The molecule has 1 aromatic rings. The van der Waals surface area contributed by atoms with Crippen LogP contribution in [-0.2, 0) is 4.74 Å². The Balaban J connectivity index is 1.80. The fourth-order valence-electron chi connectivity index (χ4n) is 3.30. The molecule has 1 fully saturated rings. The van der Waals surface area contributed by atoms with Gasteiger partial charge in [0.25, 0.3) is 5.91 Å². The van der Waals surface area contributed by atoms with Crippen molar-refractivity contribution in [2.24, 2.45) is 11.8 Å². The van der Waals surface area contributed by atoms with Crippen molar-refractivity contribution in [1.29, 1.82) is 0 Å². The summed E-state index contributed by atoms with van der Waals surface area (Å²) in [6, 6.07) is 6.82. The Labute approximate surface area is 178 Å². The summed E-state index contributed by atoms with van der Waals surface area (Å²) in [6.07, 6.45) is 2.96. The van der Waals surface area contributed by atoms with Gasteiger partial charge in [-0.2, -0.15) is 0 Å². The molecular weight excluding hydrogens is 388 g/mol. The molecule has 0 aliphatic heterocycles. The summed E-state index contributed by atoms with van der Waals surface area (Å²) in [5.74, 6) is 0.874. The molecule has 0 aromatic heterocycles. The van der Waals surface area contributed by atoms with Crippen LogP contribution in [0.1, 0.15) is 64.2 Å². The SMILES string of the molecule is C[C@@H]1[C@H](C)CCC[C@@H]1NC(=S)NNC(=O)c1ccc(NC(=O)OC(C)(C)C)cc1. The molecule has 2 amide bonds. The summed E-state index contributed by atoms with van der Waals surface area (Å²) in [5, 5.41) is 6.34. The second-order valence-corrected chi connectivity index (χ2v) is 9.04. The van der Waals surface area contributed by atoms with Crippen molar-refractivity contribution in [2.45, 2.75) is 65.5 Å². The Morgan fingerprint density at radius 1 is 1.07 bits per heavy atom. The molecule has 160 valence electrons. The summed E-state index contributed by atoms with van der Waals surface area (Å²) >= 11 is 5.31. The fourth-order valence-corrected chi connectivity index (χ4v) is 3.50. The van der Waals surface area contributed by atoms with Crippen molar-refractivity contribution in [2.75, 3.05) is 5.32 Å². The number of anilines is 1. The van der Waals surface area contributed by atoms with E-state index in [-0.39, 0.29) is 5.91 Å². The quantitative estimate of drug-likeness (QED) is 0.437. The van der Waals surface area contributed by atoms with Crippen molar-refractivity contribution in [3.63, 3.8) is 0 Å². The number of nitrogens with one attached hydrogen (secondary N) is 4. The molecular formula is C21H32N4O3S. The van der Waals surface area contributed by atoms with Gasteiger partial charge < -0.3 is 10.1 Å². The Hall–Kier alpha value is -2.35. The van der Waals surface area contributed by atoms with Crippen molar-refractivity contribution >= 4 is 35.0 Å². The minimum atomic E-state index is -0.574. The van der Waals surface area contributed by atoms with Crippen LogP contribution in [0.4, 0.5) is 10.5 Å². The molecule has 29 heavy (non-hydrogen) atoms. The minimum absolute atomic E-state index is 0.314. The number of rotatable bonds is 3. The average Bonchev–Trinajstić information content (AvgIpc) is 2.62. The Bertz CT molecular complexity index is 730. The maximum atomic E-state index is 12.3. The summed E-state index contributed by atoms with van der Waals surface area (Å²) in [6.45, 7) is 9.87.